The first-order valence-electron chi connectivity index (χ1n) is 9.01. The number of nitrogens with zero attached hydrogens (tertiary/aromatic N) is 3. The fourth-order valence-electron chi connectivity index (χ4n) is 2.85. The Bertz CT molecular complexity index is 1060. The molecule has 0 saturated carbocycles. The second-order valence-electron chi connectivity index (χ2n) is 6.42. The largest absolute Gasteiger partial charge is 0.487 e. The molecule has 1 N–H and O–H groups in total. The van der Waals surface area contributed by atoms with Crippen LogP contribution >= 0.6 is 0 Å². The Morgan fingerprint density at radius 3 is 2.52 bits per heavy atom. The molecular weight excluding hydrogens is 367 g/mol. The number of halogens is 1. The predicted octanol–water partition coefficient (Wildman–Crippen LogP) is 5.47. The molecule has 5 nitrogen and oxygen atoms in total. The molecule has 144 valence electrons. The van der Waals surface area contributed by atoms with Gasteiger partial charge in [-0.15, -0.1) is 0 Å². The van der Waals surface area contributed by atoms with Crippen LogP contribution in [0.3, 0.4) is 0 Å². The van der Waals surface area contributed by atoms with Crippen LogP contribution in [0, 0.1) is 24.8 Å². The molecule has 6 heteroatoms. The molecule has 0 radical (unpaired) electrons. The van der Waals surface area contributed by atoms with E-state index in [2.05, 4.69) is 21.2 Å². The second-order valence-corrected chi connectivity index (χ2v) is 6.42. The number of nitriles is 1. The summed E-state index contributed by atoms with van der Waals surface area (Å²) in [5.41, 5.74) is 4.67. The number of hydrogen-bond acceptors (Lipinski definition) is 4. The minimum absolute atomic E-state index is 0.264. The average Bonchev–Trinajstić information content (AvgIpc) is 2.77. The Balaban J connectivity index is 1.74. The van der Waals surface area contributed by atoms with Gasteiger partial charge in [-0.3, -0.25) is 4.98 Å². The number of aromatic nitrogens is 1. The van der Waals surface area contributed by atoms with E-state index in [0.717, 1.165) is 11.3 Å². The molecule has 29 heavy (non-hydrogen) atoms. The SMILES string of the molecule is [C-]#[N+]c1ccc(COc2c(C)ncc(CNc3ccc(C#N)cc3)c2CF)cc1. The van der Waals surface area contributed by atoms with E-state index in [1.54, 1.807) is 49.5 Å². The number of rotatable bonds is 7. The van der Waals surface area contributed by atoms with E-state index in [9.17, 15) is 4.39 Å². The molecule has 0 unspecified atom stereocenters. The Hall–Kier alpha value is -3.90. The van der Waals surface area contributed by atoms with E-state index in [1.165, 1.54) is 0 Å². The first-order valence-corrected chi connectivity index (χ1v) is 9.01. The third kappa shape index (κ3) is 4.88. The molecule has 0 amide bonds. The Morgan fingerprint density at radius 2 is 1.90 bits per heavy atom. The monoisotopic (exact) mass is 386 g/mol. The van der Waals surface area contributed by atoms with Crippen molar-refractivity contribution in [2.75, 3.05) is 5.32 Å². The molecular formula is C23H19FN4O. The second kappa shape index (κ2) is 9.34. The number of hydrogen-bond donors (Lipinski definition) is 1. The minimum atomic E-state index is -0.667. The lowest BCUT2D eigenvalue weighted by Gasteiger charge is -2.16. The van der Waals surface area contributed by atoms with Gasteiger partial charge in [-0.2, -0.15) is 5.26 Å². The van der Waals surface area contributed by atoms with Gasteiger partial charge in [-0.05, 0) is 42.3 Å². The van der Waals surface area contributed by atoms with Crippen LogP contribution < -0.4 is 10.1 Å². The number of aryl methyl sites for hydroxylation is 1. The van der Waals surface area contributed by atoms with Gasteiger partial charge in [0, 0.05) is 24.0 Å². The summed E-state index contributed by atoms with van der Waals surface area (Å²) in [7, 11) is 0. The molecule has 0 saturated heterocycles. The Morgan fingerprint density at radius 1 is 1.17 bits per heavy atom. The normalized spacial score (nSPS) is 10.1. The summed E-state index contributed by atoms with van der Waals surface area (Å²) in [6, 6.07) is 16.2. The van der Waals surface area contributed by atoms with Crippen molar-refractivity contribution in [1.29, 1.82) is 5.26 Å². The topological polar surface area (TPSA) is 62.3 Å². The molecule has 1 heterocycles. The third-order valence-corrected chi connectivity index (χ3v) is 4.48. The summed E-state index contributed by atoms with van der Waals surface area (Å²) in [5.74, 6) is 0.445. The summed E-state index contributed by atoms with van der Waals surface area (Å²) in [4.78, 5) is 7.72. The van der Waals surface area contributed by atoms with Crippen molar-refractivity contribution in [3.05, 3.63) is 94.1 Å². The highest BCUT2D eigenvalue weighted by molar-refractivity contribution is 5.49. The molecule has 0 bridgehead atoms. The molecule has 1 aromatic heterocycles. The van der Waals surface area contributed by atoms with Gasteiger partial charge in [0.25, 0.3) is 0 Å². The highest BCUT2D eigenvalue weighted by Gasteiger charge is 2.14. The maximum atomic E-state index is 13.9. The zero-order valence-corrected chi connectivity index (χ0v) is 15.9. The maximum Gasteiger partial charge on any atom is 0.187 e. The standard InChI is InChI=1S/C23H19FN4O/c1-16-23(29-15-18-5-7-20(26-2)8-6-18)22(11-24)19(13-27-16)14-28-21-9-3-17(12-25)4-10-21/h3-10,13,28H,11,14-15H2,1H3. The van der Waals surface area contributed by atoms with Gasteiger partial charge in [0.1, 0.15) is 19.0 Å². The van der Waals surface area contributed by atoms with Crippen LogP contribution in [0.25, 0.3) is 4.85 Å². The van der Waals surface area contributed by atoms with Gasteiger partial charge in [0.2, 0.25) is 0 Å². The molecule has 0 aliphatic heterocycles. The minimum Gasteiger partial charge on any atom is -0.487 e. The van der Waals surface area contributed by atoms with Crippen LogP contribution in [0.2, 0.25) is 0 Å². The first kappa shape index (κ1) is 19.9. The van der Waals surface area contributed by atoms with E-state index in [-0.39, 0.29) is 6.61 Å². The van der Waals surface area contributed by atoms with Crippen molar-refractivity contribution in [1.82, 2.24) is 4.98 Å². The van der Waals surface area contributed by atoms with Crippen LogP contribution in [0.4, 0.5) is 15.8 Å². The fraction of sp³-hybridized carbons (Fsp3) is 0.174. The van der Waals surface area contributed by atoms with Crippen molar-refractivity contribution in [2.24, 2.45) is 0 Å². The van der Waals surface area contributed by atoms with E-state index in [0.29, 0.717) is 40.4 Å². The zero-order valence-electron chi connectivity index (χ0n) is 15.9. The summed E-state index contributed by atoms with van der Waals surface area (Å²) >= 11 is 0. The molecule has 2 aromatic carbocycles. The maximum absolute atomic E-state index is 13.9. The van der Waals surface area contributed by atoms with Crippen molar-refractivity contribution >= 4 is 11.4 Å². The van der Waals surface area contributed by atoms with Gasteiger partial charge >= 0.3 is 0 Å². The molecule has 0 fully saturated rings. The number of pyridine rings is 1. The lowest BCUT2D eigenvalue weighted by atomic mass is 10.1. The number of nitrogens with one attached hydrogen (secondary N) is 1. The van der Waals surface area contributed by atoms with Crippen LogP contribution in [-0.2, 0) is 19.8 Å². The predicted molar refractivity (Wildman–Crippen MR) is 109 cm³/mol. The van der Waals surface area contributed by atoms with Gasteiger partial charge in [-0.1, -0.05) is 24.3 Å². The summed E-state index contributed by atoms with van der Waals surface area (Å²) in [6.07, 6.45) is 1.65. The van der Waals surface area contributed by atoms with E-state index in [4.69, 9.17) is 16.6 Å². The summed E-state index contributed by atoms with van der Waals surface area (Å²) < 4.78 is 19.8. The lowest BCUT2D eigenvalue weighted by molar-refractivity contribution is 0.293. The number of ether oxygens (including phenoxy) is 1. The molecule has 0 atom stereocenters. The van der Waals surface area contributed by atoms with E-state index < -0.39 is 6.67 Å². The van der Waals surface area contributed by atoms with Crippen LogP contribution in [0.5, 0.6) is 5.75 Å². The van der Waals surface area contributed by atoms with Crippen molar-refractivity contribution in [2.45, 2.75) is 26.7 Å². The van der Waals surface area contributed by atoms with Crippen LogP contribution in [-0.4, -0.2) is 4.98 Å². The quantitative estimate of drug-likeness (QED) is 0.547. The number of anilines is 1. The highest BCUT2D eigenvalue weighted by Crippen LogP contribution is 2.28. The Labute approximate surface area is 169 Å². The average molecular weight is 386 g/mol. The lowest BCUT2D eigenvalue weighted by Crippen LogP contribution is -2.08. The number of alkyl halides is 1. The van der Waals surface area contributed by atoms with Crippen molar-refractivity contribution < 1.29 is 9.13 Å². The van der Waals surface area contributed by atoms with Gasteiger partial charge in [-0.25, -0.2) is 9.24 Å². The number of benzene rings is 2. The molecule has 0 aliphatic carbocycles. The molecule has 0 aliphatic rings. The summed E-state index contributed by atoms with van der Waals surface area (Å²) in [5, 5.41) is 12.1. The van der Waals surface area contributed by atoms with E-state index in [1.807, 2.05) is 12.1 Å². The van der Waals surface area contributed by atoms with Crippen LogP contribution in [0.1, 0.15) is 27.9 Å². The smallest absolute Gasteiger partial charge is 0.187 e. The zero-order chi connectivity index (χ0) is 20.6. The molecule has 3 aromatic rings. The summed E-state index contributed by atoms with van der Waals surface area (Å²) in [6.45, 7) is 8.77. The first-order chi connectivity index (χ1) is 14.1. The fourth-order valence-corrected chi connectivity index (χ4v) is 2.85. The van der Waals surface area contributed by atoms with Gasteiger partial charge in [0.05, 0.1) is 23.9 Å². The van der Waals surface area contributed by atoms with Gasteiger partial charge < -0.3 is 10.1 Å². The van der Waals surface area contributed by atoms with Crippen molar-refractivity contribution in [3.63, 3.8) is 0 Å². The molecule has 0 spiro atoms. The Kier molecular flexibility index (Phi) is 6.40. The van der Waals surface area contributed by atoms with Crippen molar-refractivity contribution in [3.8, 4) is 11.8 Å². The molecule has 3 rings (SSSR count). The van der Waals surface area contributed by atoms with E-state index >= 15 is 0 Å². The van der Waals surface area contributed by atoms with Gasteiger partial charge in [0.15, 0.2) is 5.69 Å². The highest BCUT2D eigenvalue weighted by atomic mass is 19.1. The van der Waals surface area contributed by atoms with Crippen LogP contribution in [0.15, 0.2) is 54.7 Å². The third-order valence-electron chi connectivity index (χ3n) is 4.48.